The standard InChI is InChI=1S/C9H6BrClF2/c10-6-1-2-7(11)5-3-4-9(12,13)8(5)6/h1-2H,3-4H2. The van der Waals surface area contributed by atoms with E-state index < -0.39 is 5.92 Å². The Balaban J connectivity index is 2.70. The second kappa shape index (κ2) is 2.92. The van der Waals surface area contributed by atoms with Crippen LogP contribution in [-0.2, 0) is 12.3 Å². The summed E-state index contributed by atoms with van der Waals surface area (Å²) in [7, 11) is 0. The van der Waals surface area contributed by atoms with Gasteiger partial charge in [-0.05, 0) is 24.1 Å². The maximum atomic E-state index is 13.3. The SMILES string of the molecule is FC1(F)CCc2c(Cl)ccc(Br)c21. The van der Waals surface area contributed by atoms with Gasteiger partial charge in [-0.1, -0.05) is 27.5 Å². The Labute approximate surface area is 88.0 Å². The number of fused-ring (bicyclic) bond motifs is 1. The number of hydrogen-bond donors (Lipinski definition) is 0. The third-order valence-corrected chi connectivity index (χ3v) is 3.27. The topological polar surface area (TPSA) is 0 Å². The average molecular weight is 268 g/mol. The van der Waals surface area contributed by atoms with Gasteiger partial charge in [0.05, 0.1) is 0 Å². The molecule has 70 valence electrons. The van der Waals surface area contributed by atoms with Crippen LogP contribution in [-0.4, -0.2) is 0 Å². The largest absolute Gasteiger partial charge is 0.274 e. The molecule has 0 nitrogen and oxygen atoms in total. The van der Waals surface area contributed by atoms with E-state index in [1.807, 2.05) is 0 Å². The molecule has 0 aliphatic heterocycles. The highest BCUT2D eigenvalue weighted by atomic mass is 79.9. The van der Waals surface area contributed by atoms with Gasteiger partial charge < -0.3 is 0 Å². The van der Waals surface area contributed by atoms with E-state index in [0.717, 1.165) is 0 Å². The quantitative estimate of drug-likeness (QED) is 0.663. The van der Waals surface area contributed by atoms with E-state index in [2.05, 4.69) is 15.9 Å². The molecule has 0 spiro atoms. The van der Waals surface area contributed by atoms with E-state index in [9.17, 15) is 8.78 Å². The van der Waals surface area contributed by atoms with Crippen molar-refractivity contribution in [2.75, 3.05) is 0 Å². The fourth-order valence-corrected chi connectivity index (χ4v) is 2.55. The Bertz CT molecular complexity index is 363. The summed E-state index contributed by atoms with van der Waals surface area (Å²) in [4.78, 5) is 0. The zero-order valence-corrected chi connectivity index (χ0v) is 8.92. The first kappa shape index (κ1) is 9.41. The monoisotopic (exact) mass is 266 g/mol. The van der Waals surface area contributed by atoms with Gasteiger partial charge in [-0.25, -0.2) is 8.78 Å². The first-order valence-corrected chi connectivity index (χ1v) is 5.04. The molecule has 0 radical (unpaired) electrons. The van der Waals surface area contributed by atoms with Crippen LogP contribution in [0, 0.1) is 0 Å². The third-order valence-electron chi connectivity index (χ3n) is 2.26. The van der Waals surface area contributed by atoms with Crippen LogP contribution in [0.1, 0.15) is 17.5 Å². The Morgan fingerprint density at radius 3 is 2.69 bits per heavy atom. The predicted octanol–water partition coefficient (Wildman–Crippen LogP) is 4.14. The predicted molar refractivity (Wildman–Crippen MR) is 51.4 cm³/mol. The Hall–Kier alpha value is -0.150. The molecule has 0 atom stereocenters. The van der Waals surface area contributed by atoms with Gasteiger partial charge in [0.1, 0.15) is 0 Å². The molecule has 1 aromatic carbocycles. The molecule has 1 aliphatic rings. The Kier molecular flexibility index (Phi) is 2.11. The van der Waals surface area contributed by atoms with Crippen LogP contribution in [0.2, 0.25) is 5.02 Å². The van der Waals surface area contributed by atoms with Crippen molar-refractivity contribution in [2.45, 2.75) is 18.8 Å². The van der Waals surface area contributed by atoms with Gasteiger partial charge >= 0.3 is 0 Å². The zero-order valence-electron chi connectivity index (χ0n) is 6.58. The van der Waals surface area contributed by atoms with Crippen molar-refractivity contribution in [3.8, 4) is 0 Å². The molecule has 1 aliphatic carbocycles. The molecule has 0 saturated carbocycles. The van der Waals surface area contributed by atoms with E-state index in [-0.39, 0.29) is 12.0 Å². The van der Waals surface area contributed by atoms with Crippen molar-refractivity contribution in [3.05, 3.63) is 32.8 Å². The number of hydrogen-bond acceptors (Lipinski definition) is 0. The van der Waals surface area contributed by atoms with Crippen molar-refractivity contribution < 1.29 is 8.78 Å². The van der Waals surface area contributed by atoms with Crippen LogP contribution in [0.25, 0.3) is 0 Å². The second-order valence-corrected chi connectivity index (χ2v) is 4.35. The van der Waals surface area contributed by atoms with Crippen molar-refractivity contribution in [1.29, 1.82) is 0 Å². The number of halogens is 4. The smallest absolute Gasteiger partial charge is 0.201 e. The van der Waals surface area contributed by atoms with Crippen molar-refractivity contribution in [2.24, 2.45) is 0 Å². The van der Waals surface area contributed by atoms with Crippen molar-refractivity contribution >= 4 is 27.5 Å². The molecule has 1 aromatic rings. The van der Waals surface area contributed by atoms with Crippen LogP contribution in [0.5, 0.6) is 0 Å². The van der Waals surface area contributed by atoms with Crippen LogP contribution in [0.4, 0.5) is 8.78 Å². The van der Waals surface area contributed by atoms with E-state index in [1.54, 1.807) is 12.1 Å². The molecule has 0 amide bonds. The minimum Gasteiger partial charge on any atom is -0.201 e. The molecule has 2 rings (SSSR count). The second-order valence-electron chi connectivity index (χ2n) is 3.09. The summed E-state index contributed by atoms with van der Waals surface area (Å²) in [5, 5.41) is 0.440. The summed E-state index contributed by atoms with van der Waals surface area (Å²) in [6.07, 6.45) is 0.227. The summed E-state index contributed by atoms with van der Waals surface area (Å²) >= 11 is 8.93. The van der Waals surface area contributed by atoms with Gasteiger partial charge in [0.15, 0.2) is 0 Å². The maximum absolute atomic E-state index is 13.3. The van der Waals surface area contributed by atoms with Crippen molar-refractivity contribution in [3.63, 3.8) is 0 Å². The summed E-state index contributed by atoms with van der Waals surface area (Å²) in [5.41, 5.74) is 0.654. The average Bonchev–Trinajstić information content (AvgIpc) is 2.36. The minimum absolute atomic E-state index is 0.0694. The van der Waals surface area contributed by atoms with Gasteiger partial charge in [0.25, 0.3) is 5.92 Å². The Morgan fingerprint density at radius 1 is 1.38 bits per heavy atom. The lowest BCUT2D eigenvalue weighted by Crippen LogP contribution is -2.08. The lowest BCUT2D eigenvalue weighted by Gasteiger charge is -2.12. The fraction of sp³-hybridized carbons (Fsp3) is 0.333. The van der Waals surface area contributed by atoms with E-state index >= 15 is 0 Å². The molecule has 0 fully saturated rings. The van der Waals surface area contributed by atoms with E-state index in [1.165, 1.54) is 0 Å². The van der Waals surface area contributed by atoms with Gasteiger partial charge in [0.2, 0.25) is 0 Å². The number of benzene rings is 1. The summed E-state index contributed by atoms with van der Waals surface area (Å²) in [5.74, 6) is -2.72. The molecule has 0 N–H and O–H groups in total. The summed E-state index contributed by atoms with van der Waals surface area (Å²) in [6.45, 7) is 0. The highest BCUT2D eigenvalue weighted by Crippen LogP contribution is 2.47. The zero-order chi connectivity index (χ0) is 9.64. The number of alkyl halides is 2. The molecule has 0 saturated heterocycles. The van der Waals surface area contributed by atoms with E-state index in [4.69, 9.17) is 11.6 Å². The lowest BCUT2D eigenvalue weighted by molar-refractivity contribution is -0.00250. The highest BCUT2D eigenvalue weighted by molar-refractivity contribution is 9.10. The minimum atomic E-state index is -2.72. The molecule has 0 unspecified atom stereocenters. The van der Waals surface area contributed by atoms with Gasteiger partial charge in [-0.3, -0.25) is 0 Å². The van der Waals surface area contributed by atoms with Gasteiger partial charge in [-0.2, -0.15) is 0 Å². The van der Waals surface area contributed by atoms with Crippen LogP contribution in [0.15, 0.2) is 16.6 Å². The molecule has 4 heteroatoms. The lowest BCUT2D eigenvalue weighted by atomic mass is 10.1. The Morgan fingerprint density at radius 2 is 2.08 bits per heavy atom. The molecule has 0 aromatic heterocycles. The number of rotatable bonds is 0. The van der Waals surface area contributed by atoms with Crippen LogP contribution >= 0.6 is 27.5 Å². The first-order valence-electron chi connectivity index (χ1n) is 3.87. The summed E-state index contributed by atoms with van der Waals surface area (Å²) in [6, 6.07) is 3.21. The van der Waals surface area contributed by atoms with E-state index in [0.29, 0.717) is 21.5 Å². The highest BCUT2D eigenvalue weighted by Gasteiger charge is 2.41. The van der Waals surface area contributed by atoms with Crippen LogP contribution in [0.3, 0.4) is 0 Å². The molecule has 0 heterocycles. The molecular formula is C9H6BrClF2. The van der Waals surface area contributed by atoms with Gasteiger partial charge in [-0.15, -0.1) is 0 Å². The molecular weight excluding hydrogens is 261 g/mol. The normalized spacial score (nSPS) is 18.8. The first-order chi connectivity index (χ1) is 6.02. The van der Waals surface area contributed by atoms with Gasteiger partial charge in [0, 0.05) is 21.5 Å². The molecule has 0 bridgehead atoms. The van der Waals surface area contributed by atoms with Crippen LogP contribution < -0.4 is 0 Å². The fourth-order valence-electron chi connectivity index (χ4n) is 1.64. The summed E-state index contributed by atoms with van der Waals surface area (Å²) < 4.78 is 27.0. The third kappa shape index (κ3) is 1.38. The maximum Gasteiger partial charge on any atom is 0.274 e. The molecule has 13 heavy (non-hydrogen) atoms. The van der Waals surface area contributed by atoms with Crippen molar-refractivity contribution in [1.82, 2.24) is 0 Å².